The lowest BCUT2D eigenvalue weighted by Crippen LogP contribution is -2.28. The highest BCUT2D eigenvalue weighted by Crippen LogP contribution is 2.26. The number of carbonyl (C=O) groups is 1. The van der Waals surface area contributed by atoms with Gasteiger partial charge in [-0.05, 0) is 29.8 Å². The van der Waals surface area contributed by atoms with Gasteiger partial charge in [-0.25, -0.2) is 4.79 Å². The molecule has 0 amide bonds. The highest BCUT2D eigenvalue weighted by molar-refractivity contribution is 5.96. The SMILES string of the molecule is COC(=O)c1cc2c([N+](=O)[O-])cccc2n(Cc2ccc(C#N)cc2)c1=O. The molecule has 8 heteroatoms. The van der Waals surface area contributed by atoms with Crippen molar-refractivity contribution in [3.05, 3.63) is 85.7 Å². The number of nitrogens with zero attached hydrogens (tertiary/aromatic N) is 3. The van der Waals surface area contributed by atoms with Crippen LogP contribution in [0.5, 0.6) is 0 Å². The van der Waals surface area contributed by atoms with Crippen molar-refractivity contribution in [1.82, 2.24) is 4.57 Å². The number of nitro groups is 1. The molecular formula is C19H13N3O5. The van der Waals surface area contributed by atoms with Crippen molar-refractivity contribution in [3.63, 3.8) is 0 Å². The van der Waals surface area contributed by atoms with Crippen LogP contribution in [-0.4, -0.2) is 22.6 Å². The molecule has 3 rings (SSSR count). The van der Waals surface area contributed by atoms with Crippen LogP contribution >= 0.6 is 0 Å². The first kappa shape index (κ1) is 17.8. The summed E-state index contributed by atoms with van der Waals surface area (Å²) < 4.78 is 5.93. The molecule has 0 radical (unpaired) electrons. The molecule has 1 aromatic heterocycles. The fraction of sp³-hybridized carbons (Fsp3) is 0.105. The molecule has 0 atom stereocenters. The number of rotatable bonds is 4. The van der Waals surface area contributed by atoms with E-state index < -0.39 is 16.5 Å². The molecule has 0 bridgehead atoms. The normalized spacial score (nSPS) is 10.4. The Morgan fingerprint density at radius 1 is 1.26 bits per heavy atom. The fourth-order valence-electron chi connectivity index (χ4n) is 2.82. The molecule has 27 heavy (non-hydrogen) atoms. The number of methoxy groups -OCH3 is 1. The number of ether oxygens (including phenoxy) is 1. The standard InChI is InChI=1S/C19H13N3O5/c1-27-19(24)15-9-14-16(3-2-4-17(14)22(25)26)21(18(15)23)11-13-7-5-12(10-20)6-8-13/h2-9H,11H2,1H3. The van der Waals surface area contributed by atoms with Gasteiger partial charge in [0, 0.05) is 6.07 Å². The van der Waals surface area contributed by atoms with Crippen LogP contribution in [0.15, 0.2) is 53.3 Å². The van der Waals surface area contributed by atoms with Gasteiger partial charge in [-0.15, -0.1) is 0 Å². The van der Waals surface area contributed by atoms with E-state index in [-0.39, 0.29) is 23.2 Å². The van der Waals surface area contributed by atoms with Crippen LogP contribution in [0.4, 0.5) is 5.69 Å². The van der Waals surface area contributed by atoms with Crippen LogP contribution in [0.2, 0.25) is 0 Å². The van der Waals surface area contributed by atoms with Crippen LogP contribution in [0, 0.1) is 21.4 Å². The summed E-state index contributed by atoms with van der Waals surface area (Å²) in [5.41, 5.74) is 0.380. The molecule has 0 spiro atoms. The van der Waals surface area contributed by atoms with Crippen molar-refractivity contribution >= 4 is 22.6 Å². The zero-order valence-corrected chi connectivity index (χ0v) is 14.2. The quantitative estimate of drug-likeness (QED) is 0.400. The average Bonchev–Trinajstić information content (AvgIpc) is 2.69. The molecule has 0 saturated heterocycles. The molecule has 1 heterocycles. The fourth-order valence-corrected chi connectivity index (χ4v) is 2.82. The first-order valence-corrected chi connectivity index (χ1v) is 7.84. The van der Waals surface area contributed by atoms with Gasteiger partial charge in [0.15, 0.2) is 0 Å². The molecule has 0 unspecified atom stereocenters. The Hall–Kier alpha value is -3.99. The lowest BCUT2D eigenvalue weighted by atomic mass is 10.1. The molecule has 2 aromatic carbocycles. The second kappa shape index (κ2) is 7.09. The number of hydrogen-bond acceptors (Lipinski definition) is 6. The summed E-state index contributed by atoms with van der Waals surface area (Å²) in [5, 5.41) is 20.4. The van der Waals surface area contributed by atoms with Gasteiger partial charge in [-0.3, -0.25) is 14.9 Å². The molecule has 8 nitrogen and oxygen atoms in total. The Kier molecular flexibility index (Phi) is 4.68. The van der Waals surface area contributed by atoms with Crippen LogP contribution in [0.25, 0.3) is 10.9 Å². The highest BCUT2D eigenvalue weighted by atomic mass is 16.6. The number of esters is 1. The first-order valence-electron chi connectivity index (χ1n) is 7.84. The largest absolute Gasteiger partial charge is 0.465 e. The Balaban J connectivity index is 2.28. The Morgan fingerprint density at radius 3 is 2.56 bits per heavy atom. The number of carbonyl (C=O) groups excluding carboxylic acids is 1. The van der Waals surface area contributed by atoms with E-state index >= 15 is 0 Å². The van der Waals surface area contributed by atoms with E-state index in [0.29, 0.717) is 16.6 Å². The minimum absolute atomic E-state index is 0.0764. The van der Waals surface area contributed by atoms with Gasteiger partial charge >= 0.3 is 5.97 Å². The molecule has 0 aliphatic heterocycles. The van der Waals surface area contributed by atoms with Crippen LogP contribution in [0.3, 0.4) is 0 Å². The van der Waals surface area contributed by atoms with Crippen molar-refractivity contribution in [2.24, 2.45) is 0 Å². The van der Waals surface area contributed by atoms with E-state index in [4.69, 9.17) is 5.26 Å². The zero-order valence-electron chi connectivity index (χ0n) is 14.2. The molecule has 0 aliphatic rings. The predicted molar refractivity (Wildman–Crippen MR) is 96.5 cm³/mol. The molecule has 0 saturated carbocycles. The number of benzene rings is 2. The minimum atomic E-state index is -0.867. The molecule has 134 valence electrons. The van der Waals surface area contributed by atoms with E-state index in [1.165, 1.54) is 22.8 Å². The maximum absolute atomic E-state index is 12.8. The number of nitriles is 1. The summed E-state index contributed by atoms with van der Waals surface area (Å²) in [6, 6.07) is 14.1. The third-order valence-electron chi connectivity index (χ3n) is 4.14. The average molecular weight is 363 g/mol. The maximum Gasteiger partial charge on any atom is 0.343 e. The van der Waals surface area contributed by atoms with E-state index in [1.807, 2.05) is 6.07 Å². The number of nitro benzene ring substituents is 1. The maximum atomic E-state index is 12.8. The Morgan fingerprint density at radius 2 is 1.96 bits per heavy atom. The van der Waals surface area contributed by atoms with Gasteiger partial charge in [0.25, 0.3) is 11.2 Å². The van der Waals surface area contributed by atoms with Gasteiger partial charge < -0.3 is 9.30 Å². The number of non-ortho nitro benzene ring substituents is 1. The van der Waals surface area contributed by atoms with Crippen LogP contribution < -0.4 is 5.56 Å². The molecule has 0 aliphatic carbocycles. The van der Waals surface area contributed by atoms with E-state index in [9.17, 15) is 19.7 Å². The minimum Gasteiger partial charge on any atom is -0.465 e. The van der Waals surface area contributed by atoms with Crippen molar-refractivity contribution in [2.75, 3.05) is 7.11 Å². The second-order valence-corrected chi connectivity index (χ2v) is 5.72. The molecule has 0 N–H and O–H groups in total. The smallest absolute Gasteiger partial charge is 0.343 e. The van der Waals surface area contributed by atoms with Crippen LogP contribution in [-0.2, 0) is 11.3 Å². The third-order valence-corrected chi connectivity index (χ3v) is 4.14. The number of hydrogen-bond donors (Lipinski definition) is 0. The Bertz CT molecular complexity index is 1160. The van der Waals surface area contributed by atoms with E-state index in [2.05, 4.69) is 4.74 Å². The van der Waals surface area contributed by atoms with Gasteiger partial charge in [-0.2, -0.15) is 5.26 Å². The second-order valence-electron chi connectivity index (χ2n) is 5.72. The van der Waals surface area contributed by atoms with Crippen molar-refractivity contribution in [1.29, 1.82) is 5.26 Å². The highest BCUT2D eigenvalue weighted by Gasteiger charge is 2.21. The summed E-state index contributed by atoms with van der Waals surface area (Å²) in [6.45, 7) is 0.0764. The number of aromatic nitrogens is 1. The summed E-state index contributed by atoms with van der Waals surface area (Å²) in [4.78, 5) is 35.6. The number of pyridine rings is 1. The summed E-state index contributed by atoms with van der Waals surface area (Å²) >= 11 is 0. The monoisotopic (exact) mass is 363 g/mol. The molecule has 0 fully saturated rings. The van der Waals surface area contributed by atoms with Crippen molar-refractivity contribution in [3.8, 4) is 6.07 Å². The zero-order chi connectivity index (χ0) is 19.6. The lowest BCUT2D eigenvalue weighted by Gasteiger charge is -2.12. The summed E-state index contributed by atoms with van der Waals surface area (Å²) in [7, 11) is 1.14. The lowest BCUT2D eigenvalue weighted by molar-refractivity contribution is -0.383. The van der Waals surface area contributed by atoms with Gasteiger partial charge in [0.2, 0.25) is 0 Å². The van der Waals surface area contributed by atoms with Crippen molar-refractivity contribution in [2.45, 2.75) is 6.54 Å². The van der Waals surface area contributed by atoms with Gasteiger partial charge in [-0.1, -0.05) is 18.2 Å². The molecular weight excluding hydrogens is 350 g/mol. The molecule has 3 aromatic rings. The summed E-state index contributed by atoms with van der Waals surface area (Å²) in [5.74, 6) is -0.867. The predicted octanol–water partition coefficient (Wildman–Crippen LogP) is 2.62. The Labute approximate surface area is 153 Å². The van der Waals surface area contributed by atoms with E-state index in [1.54, 1.807) is 30.3 Å². The van der Waals surface area contributed by atoms with Gasteiger partial charge in [0.1, 0.15) is 5.56 Å². The van der Waals surface area contributed by atoms with Crippen molar-refractivity contribution < 1.29 is 14.5 Å². The summed E-state index contributed by atoms with van der Waals surface area (Å²) in [6.07, 6.45) is 0. The topological polar surface area (TPSA) is 115 Å². The van der Waals surface area contributed by atoms with E-state index in [0.717, 1.165) is 7.11 Å². The third kappa shape index (κ3) is 3.26. The van der Waals surface area contributed by atoms with Gasteiger partial charge in [0.05, 0.1) is 41.1 Å². The van der Waals surface area contributed by atoms with Crippen LogP contribution in [0.1, 0.15) is 21.5 Å². The first-order chi connectivity index (χ1) is 13.0. The number of fused-ring (bicyclic) bond motifs is 1.